The molecule has 8 heteroatoms. The van der Waals surface area contributed by atoms with Gasteiger partial charge in [0.25, 0.3) is 0 Å². The standard InChI is InChI=1S/C17H21ClN4O2.ClH/c1-17(10-19)8-9-22(11-17)15(23)7-6-14-20-16(21-24-14)12-2-4-13(18)5-3-12;/h2-5H,6-11,19H2,1H3;1H. The molecule has 1 amide bonds. The van der Waals surface area contributed by atoms with Gasteiger partial charge in [-0.3, -0.25) is 4.79 Å². The summed E-state index contributed by atoms with van der Waals surface area (Å²) in [6.45, 7) is 4.22. The number of hydrogen-bond acceptors (Lipinski definition) is 5. The number of nitrogens with two attached hydrogens (primary N) is 1. The topological polar surface area (TPSA) is 85.2 Å². The molecule has 1 aromatic heterocycles. The Labute approximate surface area is 158 Å². The minimum Gasteiger partial charge on any atom is -0.342 e. The Morgan fingerprint density at radius 2 is 2.12 bits per heavy atom. The van der Waals surface area contributed by atoms with Crippen molar-refractivity contribution in [3.63, 3.8) is 0 Å². The van der Waals surface area contributed by atoms with Gasteiger partial charge in [-0.1, -0.05) is 23.7 Å². The van der Waals surface area contributed by atoms with Crippen LogP contribution in [0.3, 0.4) is 0 Å². The van der Waals surface area contributed by atoms with Gasteiger partial charge in [-0.05, 0) is 42.6 Å². The molecule has 1 atom stereocenters. The van der Waals surface area contributed by atoms with E-state index in [0.717, 1.165) is 25.1 Å². The highest BCUT2D eigenvalue weighted by molar-refractivity contribution is 6.30. The average molecular weight is 385 g/mol. The summed E-state index contributed by atoms with van der Waals surface area (Å²) in [5, 5.41) is 4.61. The molecule has 1 aliphatic rings. The summed E-state index contributed by atoms with van der Waals surface area (Å²) in [4.78, 5) is 18.5. The maximum atomic E-state index is 12.3. The van der Waals surface area contributed by atoms with Crippen LogP contribution in [-0.4, -0.2) is 40.6 Å². The molecular formula is C17H22Cl2N4O2. The molecule has 0 saturated carbocycles. The van der Waals surface area contributed by atoms with Crippen LogP contribution in [0.5, 0.6) is 0 Å². The van der Waals surface area contributed by atoms with Crippen LogP contribution in [0.25, 0.3) is 11.4 Å². The number of amides is 1. The summed E-state index contributed by atoms with van der Waals surface area (Å²) in [5.74, 6) is 1.08. The van der Waals surface area contributed by atoms with Crippen LogP contribution in [0.4, 0.5) is 0 Å². The molecule has 0 radical (unpaired) electrons. The Balaban J connectivity index is 0.00000225. The van der Waals surface area contributed by atoms with E-state index >= 15 is 0 Å². The quantitative estimate of drug-likeness (QED) is 0.856. The monoisotopic (exact) mass is 384 g/mol. The first-order chi connectivity index (χ1) is 11.5. The number of halogens is 2. The molecule has 2 N–H and O–H groups in total. The van der Waals surface area contributed by atoms with Crippen LogP contribution in [0.2, 0.25) is 5.02 Å². The fourth-order valence-corrected chi connectivity index (χ4v) is 2.97. The van der Waals surface area contributed by atoms with Gasteiger partial charge in [-0.15, -0.1) is 12.4 Å². The van der Waals surface area contributed by atoms with Gasteiger partial charge in [0.1, 0.15) is 0 Å². The fourth-order valence-electron chi connectivity index (χ4n) is 2.85. The number of carbonyl (C=O) groups excluding carboxylic acids is 1. The lowest BCUT2D eigenvalue weighted by atomic mass is 9.90. The molecule has 1 saturated heterocycles. The number of nitrogens with zero attached hydrogens (tertiary/aromatic N) is 3. The smallest absolute Gasteiger partial charge is 0.227 e. The number of aromatic nitrogens is 2. The molecule has 136 valence electrons. The Morgan fingerprint density at radius 3 is 2.76 bits per heavy atom. The Bertz CT molecular complexity index is 720. The Hall–Kier alpha value is -1.63. The van der Waals surface area contributed by atoms with E-state index in [1.54, 1.807) is 12.1 Å². The lowest BCUT2D eigenvalue weighted by Gasteiger charge is -2.22. The van der Waals surface area contributed by atoms with Crippen molar-refractivity contribution < 1.29 is 9.32 Å². The summed E-state index contributed by atoms with van der Waals surface area (Å²) in [5.41, 5.74) is 6.66. The minimum atomic E-state index is 0. The van der Waals surface area contributed by atoms with Crippen molar-refractivity contribution in [2.75, 3.05) is 19.6 Å². The van der Waals surface area contributed by atoms with Crippen LogP contribution >= 0.6 is 24.0 Å². The van der Waals surface area contributed by atoms with Crippen LogP contribution < -0.4 is 5.73 Å². The third kappa shape index (κ3) is 4.71. The maximum absolute atomic E-state index is 12.3. The van der Waals surface area contributed by atoms with E-state index in [9.17, 15) is 4.79 Å². The van der Waals surface area contributed by atoms with E-state index in [1.807, 2.05) is 17.0 Å². The van der Waals surface area contributed by atoms with E-state index in [0.29, 0.717) is 36.1 Å². The molecule has 6 nitrogen and oxygen atoms in total. The second kappa shape index (κ2) is 8.17. The first-order valence-electron chi connectivity index (χ1n) is 8.05. The number of benzene rings is 1. The van der Waals surface area contributed by atoms with E-state index in [2.05, 4.69) is 17.1 Å². The zero-order valence-corrected chi connectivity index (χ0v) is 15.6. The van der Waals surface area contributed by atoms with Gasteiger partial charge in [0.15, 0.2) is 0 Å². The number of likely N-dealkylation sites (tertiary alicyclic amines) is 1. The number of carbonyl (C=O) groups is 1. The minimum absolute atomic E-state index is 0. The summed E-state index contributed by atoms with van der Waals surface area (Å²) < 4.78 is 5.24. The largest absolute Gasteiger partial charge is 0.342 e. The number of hydrogen-bond donors (Lipinski definition) is 1. The highest BCUT2D eigenvalue weighted by atomic mass is 35.5. The molecule has 1 aliphatic heterocycles. The van der Waals surface area contributed by atoms with Crippen molar-refractivity contribution in [1.82, 2.24) is 15.0 Å². The number of rotatable bonds is 5. The number of aryl methyl sites for hydroxylation is 1. The van der Waals surface area contributed by atoms with Gasteiger partial charge in [-0.2, -0.15) is 4.98 Å². The molecule has 2 heterocycles. The van der Waals surface area contributed by atoms with E-state index in [1.165, 1.54) is 0 Å². The average Bonchev–Trinajstić information content (AvgIpc) is 3.21. The zero-order chi connectivity index (χ0) is 17.2. The van der Waals surface area contributed by atoms with Crippen molar-refractivity contribution in [3.05, 3.63) is 35.2 Å². The molecule has 3 rings (SSSR count). The zero-order valence-electron chi connectivity index (χ0n) is 14.1. The molecule has 1 unspecified atom stereocenters. The Kier molecular flexibility index (Phi) is 6.43. The highest BCUT2D eigenvalue weighted by Gasteiger charge is 2.34. The van der Waals surface area contributed by atoms with Gasteiger partial charge in [0.05, 0.1) is 0 Å². The van der Waals surface area contributed by atoms with Gasteiger partial charge < -0.3 is 15.2 Å². The molecule has 25 heavy (non-hydrogen) atoms. The molecule has 1 fully saturated rings. The van der Waals surface area contributed by atoms with E-state index < -0.39 is 0 Å². The van der Waals surface area contributed by atoms with Gasteiger partial charge in [0.2, 0.25) is 17.6 Å². The molecule has 0 aliphatic carbocycles. The molecule has 1 aromatic carbocycles. The summed E-state index contributed by atoms with van der Waals surface area (Å²) >= 11 is 5.87. The maximum Gasteiger partial charge on any atom is 0.227 e. The van der Waals surface area contributed by atoms with E-state index in [4.69, 9.17) is 21.9 Å². The summed E-state index contributed by atoms with van der Waals surface area (Å²) in [6.07, 6.45) is 1.76. The van der Waals surface area contributed by atoms with Crippen LogP contribution in [0, 0.1) is 5.41 Å². The normalized spacial score (nSPS) is 19.7. The molecule has 0 bridgehead atoms. The van der Waals surface area contributed by atoms with Crippen molar-refractivity contribution in [1.29, 1.82) is 0 Å². The van der Waals surface area contributed by atoms with Crippen LogP contribution in [0.1, 0.15) is 25.7 Å². The van der Waals surface area contributed by atoms with Crippen LogP contribution in [-0.2, 0) is 11.2 Å². The predicted octanol–water partition coefficient (Wildman–Crippen LogP) is 2.94. The van der Waals surface area contributed by atoms with Crippen molar-refractivity contribution >= 4 is 29.9 Å². The first-order valence-corrected chi connectivity index (χ1v) is 8.43. The van der Waals surface area contributed by atoms with Crippen molar-refractivity contribution in [3.8, 4) is 11.4 Å². The van der Waals surface area contributed by atoms with Gasteiger partial charge in [-0.25, -0.2) is 0 Å². The fraction of sp³-hybridized carbons (Fsp3) is 0.471. The molecule has 0 spiro atoms. The second-order valence-corrected chi connectivity index (χ2v) is 7.04. The SMILES string of the molecule is CC1(CN)CCN(C(=O)CCc2nc(-c3ccc(Cl)cc3)no2)C1.Cl. The lowest BCUT2D eigenvalue weighted by molar-refractivity contribution is -0.130. The predicted molar refractivity (Wildman–Crippen MR) is 98.7 cm³/mol. The third-order valence-corrected chi connectivity index (χ3v) is 4.78. The van der Waals surface area contributed by atoms with Gasteiger partial charge in [0, 0.05) is 36.5 Å². The second-order valence-electron chi connectivity index (χ2n) is 6.60. The summed E-state index contributed by atoms with van der Waals surface area (Å²) in [6, 6.07) is 7.22. The van der Waals surface area contributed by atoms with E-state index in [-0.39, 0.29) is 23.7 Å². The molecule has 2 aromatic rings. The Morgan fingerprint density at radius 1 is 1.40 bits per heavy atom. The van der Waals surface area contributed by atoms with Crippen molar-refractivity contribution in [2.45, 2.75) is 26.2 Å². The third-order valence-electron chi connectivity index (χ3n) is 4.53. The molecular weight excluding hydrogens is 363 g/mol. The van der Waals surface area contributed by atoms with Gasteiger partial charge >= 0.3 is 0 Å². The highest BCUT2D eigenvalue weighted by Crippen LogP contribution is 2.29. The van der Waals surface area contributed by atoms with Crippen molar-refractivity contribution in [2.24, 2.45) is 11.1 Å². The summed E-state index contributed by atoms with van der Waals surface area (Å²) in [7, 11) is 0. The first kappa shape index (κ1) is 19.7. The lowest BCUT2D eigenvalue weighted by Crippen LogP contribution is -2.34. The van der Waals surface area contributed by atoms with Crippen LogP contribution in [0.15, 0.2) is 28.8 Å².